The zero-order chi connectivity index (χ0) is 12.9. The van der Waals surface area contributed by atoms with E-state index in [-0.39, 0.29) is 11.2 Å². The van der Waals surface area contributed by atoms with E-state index in [2.05, 4.69) is 25.7 Å². The third kappa shape index (κ3) is 5.85. The molecule has 3 heteroatoms. The molecule has 0 amide bonds. The Hall–Kier alpha value is -0.860. The largest absolute Gasteiger partial charge is 0.360 e. The molecule has 0 atom stereocenters. The van der Waals surface area contributed by atoms with Crippen molar-refractivity contribution in [2.24, 2.45) is 5.41 Å². The highest BCUT2D eigenvalue weighted by Gasteiger charge is 2.18. The van der Waals surface area contributed by atoms with E-state index in [0.29, 0.717) is 18.7 Å². The number of nitrogens with zero attached hydrogens (tertiary/aromatic N) is 1. The molecular weight excluding hydrogens is 212 g/mol. The lowest BCUT2D eigenvalue weighted by molar-refractivity contribution is -0.118. The maximum Gasteiger partial charge on any atom is 0.140 e. The van der Waals surface area contributed by atoms with E-state index in [1.165, 1.54) is 19.3 Å². The van der Waals surface area contributed by atoms with Crippen LogP contribution in [0, 0.1) is 10.8 Å². The van der Waals surface area contributed by atoms with Gasteiger partial charge < -0.3 is 4.90 Å². The molecule has 98 valence electrons. The molecule has 0 aliphatic carbocycles. The highest BCUT2D eigenvalue weighted by Crippen LogP contribution is 2.21. The fourth-order valence-corrected chi connectivity index (χ4v) is 2.07. The van der Waals surface area contributed by atoms with Crippen molar-refractivity contribution in [3.05, 3.63) is 0 Å². The first kappa shape index (κ1) is 14.2. The van der Waals surface area contributed by atoms with Crippen molar-refractivity contribution in [2.75, 3.05) is 13.1 Å². The van der Waals surface area contributed by atoms with Crippen LogP contribution in [0.25, 0.3) is 0 Å². The second kappa shape index (κ2) is 6.18. The molecule has 1 rings (SSSR count). The Morgan fingerprint density at radius 3 is 2.29 bits per heavy atom. The zero-order valence-corrected chi connectivity index (χ0v) is 11.5. The number of piperidine rings is 1. The minimum atomic E-state index is 0.211. The van der Waals surface area contributed by atoms with Gasteiger partial charge in [-0.25, -0.2) is 0 Å². The summed E-state index contributed by atoms with van der Waals surface area (Å²) in [5.41, 5.74) is 0.211. The van der Waals surface area contributed by atoms with Crippen molar-refractivity contribution in [3.63, 3.8) is 0 Å². The minimum Gasteiger partial charge on any atom is -0.360 e. The Labute approximate surface area is 105 Å². The first-order chi connectivity index (χ1) is 7.88. The van der Waals surface area contributed by atoms with Gasteiger partial charge in [-0.1, -0.05) is 20.8 Å². The zero-order valence-electron chi connectivity index (χ0n) is 11.5. The van der Waals surface area contributed by atoms with Crippen molar-refractivity contribution < 1.29 is 4.79 Å². The average molecular weight is 238 g/mol. The Balaban J connectivity index is 2.27. The Morgan fingerprint density at radius 2 is 1.76 bits per heavy atom. The van der Waals surface area contributed by atoms with Crippen molar-refractivity contribution >= 4 is 11.6 Å². The second-order valence-electron chi connectivity index (χ2n) is 6.27. The van der Waals surface area contributed by atoms with Crippen LogP contribution in [0.5, 0.6) is 0 Å². The number of amidine groups is 1. The van der Waals surface area contributed by atoms with Crippen LogP contribution >= 0.6 is 0 Å². The number of Topliss-reactive ketones (excluding diaryl/α,β-unsaturated/α-hetero) is 1. The lowest BCUT2D eigenvalue weighted by Gasteiger charge is -2.28. The lowest BCUT2D eigenvalue weighted by atomic mass is 9.89. The van der Waals surface area contributed by atoms with Crippen LogP contribution in [-0.2, 0) is 4.79 Å². The van der Waals surface area contributed by atoms with E-state index in [4.69, 9.17) is 5.41 Å². The van der Waals surface area contributed by atoms with Gasteiger partial charge in [0, 0.05) is 19.5 Å². The van der Waals surface area contributed by atoms with Crippen LogP contribution in [0.15, 0.2) is 0 Å². The third-order valence-electron chi connectivity index (χ3n) is 3.26. The van der Waals surface area contributed by atoms with Gasteiger partial charge in [-0.05, 0) is 31.1 Å². The molecule has 1 N–H and O–H groups in total. The predicted octanol–water partition coefficient (Wildman–Crippen LogP) is 3.24. The number of likely N-dealkylation sites (tertiary alicyclic amines) is 1. The van der Waals surface area contributed by atoms with Crippen molar-refractivity contribution in [1.29, 1.82) is 5.41 Å². The number of rotatable bonds is 4. The van der Waals surface area contributed by atoms with Gasteiger partial charge in [-0.15, -0.1) is 0 Å². The molecule has 0 aromatic carbocycles. The molecular formula is C14H26N2O. The van der Waals surface area contributed by atoms with Crippen LogP contribution in [0.4, 0.5) is 0 Å². The molecule has 17 heavy (non-hydrogen) atoms. The van der Waals surface area contributed by atoms with Crippen LogP contribution in [0.2, 0.25) is 0 Å². The Kier molecular flexibility index (Phi) is 5.16. The fourth-order valence-electron chi connectivity index (χ4n) is 2.07. The van der Waals surface area contributed by atoms with Crippen LogP contribution < -0.4 is 0 Å². The molecule has 1 saturated heterocycles. The number of nitrogens with one attached hydrogen (secondary N) is 1. The summed E-state index contributed by atoms with van der Waals surface area (Å²) in [6.45, 7) is 8.37. The number of hydrogen-bond donors (Lipinski definition) is 1. The molecule has 3 nitrogen and oxygen atoms in total. The van der Waals surface area contributed by atoms with E-state index >= 15 is 0 Å². The molecule has 1 aliphatic heterocycles. The number of carbonyl (C=O) groups excluding carboxylic acids is 1. The first-order valence-electron chi connectivity index (χ1n) is 6.72. The summed E-state index contributed by atoms with van der Waals surface area (Å²) in [6, 6.07) is 0. The second-order valence-corrected chi connectivity index (χ2v) is 6.27. The highest BCUT2D eigenvalue weighted by molar-refractivity contribution is 5.99. The third-order valence-corrected chi connectivity index (χ3v) is 3.26. The van der Waals surface area contributed by atoms with Gasteiger partial charge in [0.1, 0.15) is 11.6 Å². The average Bonchev–Trinajstić information content (AvgIpc) is 2.27. The van der Waals surface area contributed by atoms with Gasteiger partial charge in [0.15, 0.2) is 0 Å². The Morgan fingerprint density at radius 1 is 1.18 bits per heavy atom. The highest BCUT2D eigenvalue weighted by atomic mass is 16.1. The van der Waals surface area contributed by atoms with Gasteiger partial charge in [0.05, 0.1) is 6.42 Å². The van der Waals surface area contributed by atoms with Crippen molar-refractivity contribution in [1.82, 2.24) is 4.90 Å². The topological polar surface area (TPSA) is 44.2 Å². The van der Waals surface area contributed by atoms with Gasteiger partial charge >= 0.3 is 0 Å². The number of ketones is 1. The summed E-state index contributed by atoms with van der Waals surface area (Å²) >= 11 is 0. The normalized spacial score (nSPS) is 17.0. The molecule has 0 aromatic heterocycles. The molecule has 1 aliphatic rings. The van der Waals surface area contributed by atoms with Gasteiger partial charge in [-0.2, -0.15) is 0 Å². The predicted molar refractivity (Wildman–Crippen MR) is 71.5 cm³/mol. The summed E-state index contributed by atoms with van der Waals surface area (Å²) < 4.78 is 0. The molecule has 0 bridgehead atoms. The van der Waals surface area contributed by atoms with Gasteiger partial charge in [0.2, 0.25) is 0 Å². The molecule has 0 radical (unpaired) electrons. The lowest BCUT2D eigenvalue weighted by Crippen LogP contribution is -2.36. The van der Waals surface area contributed by atoms with Crippen molar-refractivity contribution in [3.8, 4) is 0 Å². The van der Waals surface area contributed by atoms with Crippen LogP contribution in [-0.4, -0.2) is 29.6 Å². The maximum atomic E-state index is 11.8. The summed E-state index contributed by atoms with van der Waals surface area (Å²) in [4.78, 5) is 13.8. The summed E-state index contributed by atoms with van der Waals surface area (Å²) in [5.74, 6) is 0.749. The smallest absolute Gasteiger partial charge is 0.140 e. The van der Waals surface area contributed by atoms with Gasteiger partial charge in [-0.3, -0.25) is 10.2 Å². The van der Waals surface area contributed by atoms with E-state index in [9.17, 15) is 4.79 Å². The van der Waals surface area contributed by atoms with E-state index in [1.807, 2.05) is 0 Å². The summed E-state index contributed by atoms with van der Waals surface area (Å²) in [6.07, 6.45) is 5.45. The maximum absolute atomic E-state index is 11.8. The standard InChI is InChI=1S/C14H26N2O/c1-14(2,3)8-7-12(17)11-13(15)16-9-5-4-6-10-16/h15H,4-11H2,1-3H3. The van der Waals surface area contributed by atoms with E-state index < -0.39 is 0 Å². The van der Waals surface area contributed by atoms with E-state index in [1.54, 1.807) is 0 Å². The molecule has 0 spiro atoms. The number of carbonyl (C=O) groups is 1. The Bertz CT molecular complexity index is 272. The van der Waals surface area contributed by atoms with E-state index in [0.717, 1.165) is 19.5 Å². The van der Waals surface area contributed by atoms with Crippen molar-refractivity contribution in [2.45, 2.75) is 59.3 Å². The summed E-state index contributed by atoms with van der Waals surface area (Å²) in [5, 5.41) is 7.95. The SMILES string of the molecule is CC(C)(C)CCC(=O)CC(=N)N1CCCCC1. The molecule has 1 fully saturated rings. The quantitative estimate of drug-likeness (QED) is 0.603. The summed E-state index contributed by atoms with van der Waals surface area (Å²) in [7, 11) is 0. The molecule has 1 heterocycles. The fraction of sp³-hybridized carbons (Fsp3) is 0.857. The monoisotopic (exact) mass is 238 g/mol. The first-order valence-corrected chi connectivity index (χ1v) is 6.72. The van der Waals surface area contributed by atoms with Gasteiger partial charge in [0.25, 0.3) is 0 Å². The van der Waals surface area contributed by atoms with Crippen LogP contribution in [0.1, 0.15) is 59.3 Å². The van der Waals surface area contributed by atoms with Crippen LogP contribution in [0.3, 0.4) is 0 Å². The molecule has 0 unspecified atom stereocenters. The molecule has 0 aromatic rings. The molecule has 0 saturated carbocycles. The number of hydrogen-bond acceptors (Lipinski definition) is 2. The minimum absolute atomic E-state index is 0.211.